The number of anilines is 1. The zero-order valence-electron chi connectivity index (χ0n) is 11.1. The van der Waals surface area contributed by atoms with Gasteiger partial charge in [0.2, 0.25) is 5.91 Å². The van der Waals surface area contributed by atoms with Crippen LogP contribution in [0, 0.1) is 5.41 Å². The highest BCUT2D eigenvalue weighted by atomic mass is 16.4. The van der Waals surface area contributed by atoms with Gasteiger partial charge in [-0.2, -0.15) is 0 Å². The first-order chi connectivity index (χ1) is 9.07. The second-order valence-electron chi connectivity index (χ2n) is 5.18. The number of carbonyl (C=O) groups excluding carboxylic acids is 1. The van der Waals surface area contributed by atoms with Gasteiger partial charge in [0.05, 0.1) is 5.56 Å². The van der Waals surface area contributed by atoms with Crippen LogP contribution in [0.2, 0.25) is 0 Å². The number of carbonyl (C=O) groups is 2. The number of nitrogens with one attached hydrogen (secondary N) is 1. The molecule has 0 heterocycles. The number of hydrogen-bond acceptors (Lipinski definition) is 2. The van der Waals surface area contributed by atoms with Gasteiger partial charge < -0.3 is 10.4 Å². The largest absolute Gasteiger partial charge is 0.478 e. The Balaban J connectivity index is 2.14. The van der Waals surface area contributed by atoms with Crippen LogP contribution in [0.1, 0.15) is 49.4 Å². The van der Waals surface area contributed by atoms with Crippen molar-refractivity contribution in [3.63, 3.8) is 0 Å². The molecule has 1 fully saturated rings. The summed E-state index contributed by atoms with van der Waals surface area (Å²) in [5.41, 5.74) is 0.485. The molecular weight excluding hydrogens is 242 g/mol. The van der Waals surface area contributed by atoms with E-state index in [2.05, 4.69) is 5.32 Å². The van der Waals surface area contributed by atoms with Gasteiger partial charge in [0, 0.05) is 11.1 Å². The molecule has 0 spiro atoms. The van der Waals surface area contributed by atoms with Crippen LogP contribution in [0.25, 0.3) is 0 Å². The van der Waals surface area contributed by atoms with Crippen LogP contribution in [-0.4, -0.2) is 17.0 Å². The van der Waals surface area contributed by atoms with E-state index in [0.29, 0.717) is 5.69 Å². The third-order valence-electron chi connectivity index (χ3n) is 4.09. The fourth-order valence-corrected chi connectivity index (χ4v) is 2.79. The monoisotopic (exact) mass is 261 g/mol. The van der Waals surface area contributed by atoms with Crippen LogP contribution in [0.5, 0.6) is 0 Å². The first-order valence-electron chi connectivity index (χ1n) is 6.72. The van der Waals surface area contributed by atoms with Gasteiger partial charge in [0.25, 0.3) is 0 Å². The van der Waals surface area contributed by atoms with Crippen molar-refractivity contribution in [3.05, 3.63) is 29.8 Å². The second-order valence-corrected chi connectivity index (χ2v) is 5.18. The molecule has 19 heavy (non-hydrogen) atoms. The average molecular weight is 261 g/mol. The van der Waals surface area contributed by atoms with E-state index in [0.717, 1.165) is 32.1 Å². The fourth-order valence-electron chi connectivity index (χ4n) is 2.79. The summed E-state index contributed by atoms with van der Waals surface area (Å²) in [7, 11) is 0. The summed E-state index contributed by atoms with van der Waals surface area (Å²) in [6.45, 7) is 2.04. The van der Waals surface area contributed by atoms with Gasteiger partial charge in [-0.15, -0.1) is 0 Å². The summed E-state index contributed by atoms with van der Waals surface area (Å²) in [4.78, 5) is 23.3. The van der Waals surface area contributed by atoms with Gasteiger partial charge in [-0.05, 0) is 37.5 Å². The molecule has 0 radical (unpaired) electrons. The molecule has 1 aliphatic carbocycles. The number of aromatic carboxylic acids is 1. The lowest BCUT2D eigenvalue weighted by Gasteiger charge is -2.26. The van der Waals surface area contributed by atoms with Crippen LogP contribution in [0.15, 0.2) is 24.3 Å². The van der Waals surface area contributed by atoms with Gasteiger partial charge in [0.1, 0.15) is 0 Å². The lowest BCUT2D eigenvalue weighted by Crippen LogP contribution is -2.33. The van der Waals surface area contributed by atoms with Crippen molar-refractivity contribution >= 4 is 17.6 Å². The van der Waals surface area contributed by atoms with Crippen LogP contribution >= 0.6 is 0 Å². The van der Waals surface area contributed by atoms with Crippen LogP contribution in [0.3, 0.4) is 0 Å². The number of carboxylic acids is 1. The number of rotatable bonds is 4. The van der Waals surface area contributed by atoms with Crippen LogP contribution in [-0.2, 0) is 4.79 Å². The van der Waals surface area contributed by atoms with Crippen LogP contribution in [0.4, 0.5) is 5.69 Å². The van der Waals surface area contributed by atoms with Crippen molar-refractivity contribution in [2.45, 2.75) is 39.0 Å². The third-order valence-corrected chi connectivity index (χ3v) is 4.09. The summed E-state index contributed by atoms with van der Waals surface area (Å²) in [5.74, 6) is -0.961. The molecular formula is C15H19NO3. The summed E-state index contributed by atoms with van der Waals surface area (Å²) < 4.78 is 0. The zero-order valence-corrected chi connectivity index (χ0v) is 11.1. The maximum absolute atomic E-state index is 12.4. The number of carboxylic acid groups (broad SMARTS) is 1. The quantitative estimate of drug-likeness (QED) is 0.874. The van der Waals surface area contributed by atoms with E-state index in [1.165, 1.54) is 12.1 Å². The van der Waals surface area contributed by atoms with Crippen molar-refractivity contribution in [1.82, 2.24) is 0 Å². The smallest absolute Gasteiger partial charge is 0.335 e. The second kappa shape index (κ2) is 5.43. The van der Waals surface area contributed by atoms with E-state index in [4.69, 9.17) is 5.11 Å². The third kappa shape index (κ3) is 2.78. The Morgan fingerprint density at radius 3 is 2.58 bits per heavy atom. The molecule has 2 rings (SSSR count). The number of amides is 1. The molecule has 1 amide bonds. The Morgan fingerprint density at radius 1 is 1.32 bits per heavy atom. The summed E-state index contributed by atoms with van der Waals surface area (Å²) >= 11 is 0. The molecule has 2 N–H and O–H groups in total. The Bertz CT molecular complexity index is 490. The lowest BCUT2D eigenvalue weighted by atomic mass is 9.82. The van der Waals surface area contributed by atoms with E-state index in [1.54, 1.807) is 12.1 Å². The highest BCUT2D eigenvalue weighted by Gasteiger charge is 2.39. The Hall–Kier alpha value is -1.84. The zero-order chi connectivity index (χ0) is 13.9. The normalized spacial score (nSPS) is 17.1. The minimum Gasteiger partial charge on any atom is -0.478 e. The van der Waals surface area contributed by atoms with E-state index >= 15 is 0 Å². The van der Waals surface area contributed by atoms with Gasteiger partial charge in [-0.3, -0.25) is 4.79 Å². The van der Waals surface area contributed by atoms with Crippen molar-refractivity contribution in [1.29, 1.82) is 0 Å². The Morgan fingerprint density at radius 2 is 2.00 bits per heavy atom. The predicted molar refractivity (Wildman–Crippen MR) is 73.2 cm³/mol. The van der Waals surface area contributed by atoms with Crippen LogP contribution < -0.4 is 5.32 Å². The first kappa shape index (κ1) is 13.6. The Labute approximate surface area is 112 Å². The minimum absolute atomic E-state index is 0.0232. The predicted octanol–water partition coefficient (Wildman–Crippen LogP) is 3.29. The maximum Gasteiger partial charge on any atom is 0.335 e. The van der Waals surface area contributed by atoms with Gasteiger partial charge >= 0.3 is 5.97 Å². The molecule has 0 aliphatic heterocycles. The van der Waals surface area contributed by atoms with Gasteiger partial charge in [0.15, 0.2) is 0 Å². The van der Waals surface area contributed by atoms with Gasteiger partial charge in [-0.1, -0.05) is 25.8 Å². The minimum atomic E-state index is -0.984. The molecule has 4 nitrogen and oxygen atoms in total. The number of benzene rings is 1. The molecule has 102 valence electrons. The molecule has 1 aliphatic rings. The number of hydrogen-bond donors (Lipinski definition) is 2. The Kier molecular flexibility index (Phi) is 3.88. The van der Waals surface area contributed by atoms with Gasteiger partial charge in [-0.25, -0.2) is 4.79 Å². The molecule has 0 bridgehead atoms. The fraction of sp³-hybridized carbons (Fsp3) is 0.467. The molecule has 1 aromatic rings. The maximum atomic E-state index is 12.4. The summed E-state index contributed by atoms with van der Waals surface area (Å²) in [6, 6.07) is 6.39. The lowest BCUT2D eigenvalue weighted by molar-refractivity contribution is -0.125. The van der Waals surface area contributed by atoms with Crippen molar-refractivity contribution in [2.75, 3.05) is 5.32 Å². The highest BCUT2D eigenvalue weighted by Crippen LogP contribution is 2.41. The average Bonchev–Trinajstić information content (AvgIpc) is 2.89. The molecule has 0 aromatic heterocycles. The molecule has 1 saturated carbocycles. The molecule has 4 heteroatoms. The standard InChI is InChI=1S/C15H19NO3/c1-2-15(8-3-4-9-15)14(19)16-12-7-5-6-11(10-12)13(17)18/h5-7,10H,2-4,8-9H2,1H3,(H,16,19)(H,17,18). The molecule has 0 unspecified atom stereocenters. The van der Waals surface area contributed by atoms with E-state index in [1.807, 2.05) is 6.92 Å². The first-order valence-corrected chi connectivity index (χ1v) is 6.72. The topological polar surface area (TPSA) is 66.4 Å². The van der Waals surface area contributed by atoms with E-state index in [9.17, 15) is 9.59 Å². The van der Waals surface area contributed by atoms with Crippen molar-refractivity contribution in [2.24, 2.45) is 5.41 Å². The summed E-state index contributed by atoms with van der Waals surface area (Å²) in [5, 5.41) is 11.8. The highest BCUT2D eigenvalue weighted by molar-refractivity contribution is 5.97. The molecule has 0 saturated heterocycles. The van der Waals surface area contributed by atoms with E-state index < -0.39 is 5.97 Å². The summed E-state index contributed by atoms with van der Waals surface area (Å²) in [6.07, 6.45) is 4.87. The van der Waals surface area contributed by atoms with Crippen molar-refractivity contribution < 1.29 is 14.7 Å². The molecule has 0 atom stereocenters. The van der Waals surface area contributed by atoms with Crippen molar-refractivity contribution in [3.8, 4) is 0 Å². The SMILES string of the molecule is CCC1(C(=O)Nc2cccc(C(=O)O)c2)CCCC1. The van der Waals surface area contributed by atoms with E-state index in [-0.39, 0.29) is 16.9 Å². The molecule has 1 aromatic carbocycles.